The normalized spacial score (nSPS) is 11.3. The highest BCUT2D eigenvalue weighted by atomic mass is 16.3. The second kappa shape index (κ2) is 6.78. The van der Waals surface area contributed by atoms with Gasteiger partial charge in [0.05, 0.1) is 0 Å². The Labute approximate surface area is 174 Å². The van der Waals surface area contributed by atoms with Crippen LogP contribution in [0.1, 0.15) is 0 Å². The molecule has 0 radical (unpaired) electrons. The van der Waals surface area contributed by atoms with Crippen LogP contribution in [0.3, 0.4) is 0 Å². The number of rotatable bonds is 3. The van der Waals surface area contributed by atoms with Crippen LogP contribution in [0.5, 0.6) is 0 Å². The first kappa shape index (κ1) is 16.9. The van der Waals surface area contributed by atoms with Crippen molar-refractivity contribution in [3.63, 3.8) is 0 Å². The summed E-state index contributed by atoms with van der Waals surface area (Å²) in [7, 11) is 0. The van der Waals surface area contributed by atoms with Crippen LogP contribution in [0.2, 0.25) is 0 Å². The molecule has 0 aliphatic rings. The smallest absolute Gasteiger partial charge is 0.137 e. The van der Waals surface area contributed by atoms with E-state index in [0.29, 0.717) is 0 Å². The van der Waals surface area contributed by atoms with Gasteiger partial charge in [0.25, 0.3) is 0 Å². The Bertz CT molecular complexity index is 1510. The number of hydrogen-bond donors (Lipinski definition) is 1. The molecule has 6 rings (SSSR count). The highest BCUT2D eigenvalue weighted by Gasteiger charge is 2.11. The summed E-state index contributed by atoms with van der Waals surface area (Å²) >= 11 is 0. The van der Waals surface area contributed by atoms with Crippen LogP contribution in [0.4, 0.5) is 11.4 Å². The van der Waals surface area contributed by atoms with Crippen molar-refractivity contribution in [3.8, 4) is 11.1 Å². The number of benzene rings is 5. The quantitative estimate of drug-likeness (QED) is 0.332. The minimum Gasteiger partial charge on any atom is -0.456 e. The Balaban J connectivity index is 1.46. The van der Waals surface area contributed by atoms with E-state index >= 15 is 0 Å². The molecule has 0 saturated heterocycles. The predicted molar refractivity (Wildman–Crippen MR) is 126 cm³/mol. The summed E-state index contributed by atoms with van der Waals surface area (Å²) in [6.45, 7) is 0. The third kappa shape index (κ3) is 2.73. The second-order valence-corrected chi connectivity index (χ2v) is 7.51. The van der Waals surface area contributed by atoms with Crippen molar-refractivity contribution >= 4 is 44.1 Å². The van der Waals surface area contributed by atoms with Gasteiger partial charge < -0.3 is 9.73 Å². The summed E-state index contributed by atoms with van der Waals surface area (Å²) in [6.07, 6.45) is 0. The van der Waals surface area contributed by atoms with E-state index in [1.54, 1.807) is 0 Å². The molecule has 5 aromatic carbocycles. The van der Waals surface area contributed by atoms with Crippen molar-refractivity contribution in [2.75, 3.05) is 5.32 Å². The summed E-state index contributed by atoms with van der Waals surface area (Å²) in [4.78, 5) is 0. The van der Waals surface area contributed by atoms with Crippen LogP contribution >= 0.6 is 0 Å². The van der Waals surface area contributed by atoms with Gasteiger partial charge >= 0.3 is 0 Å². The Hall–Kier alpha value is -4.04. The van der Waals surface area contributed by atoms with Gasteiger partial charge in [0.1, 0.15) is 11.2 Å². The van der Waals surface area contributed by atoms with E-state index in [4.69, 9.17) is 4.42 Å². The van der Waals surface area contributed by atoms with Gasteiger partial charge in [-0.1, -0.05) is 78.9 Å². The van der Waals surface area contributed by atoms with Gasteiger partial charge in [-0.25, -0.2) is 0 Å². The summed E-state index contributed by atoms with van der Waals surface area (Å²) in [5, 5.41) is 8.36. The third-order valence-corrected chi connectivity index (χ3v) is 5.65. The van der Waals surface area contributed by atoms with E-state index in [-0.39, 0.29) is 0 Å². The van der Waals surface area contributed by atoms with Crippen LogP contribution in [0.25, 0.3) is 43.8 Å². The molecule has 1 heterocycles. The number of anilines is 2. The number of nitrogens with one attached hydrogen (secondary N) is 1. The molecule has 142 valence electrons. The van der Waals surface area contributed by atoms with Gasteiger partial charge in [-0.05, 0) is 40.6 Å². The minimum atomic E-state index is 0.892. The first-order chi connectivity index (χ1) is 14.9. The highest BCUT2D eigenvalue weighted by molar-refractivity contribution is 6.19. The predicted octanol–water partition coefficient (Wildman–Crippen LogP) is 8.15. The van der Waals surface area contributed by atoms with Gasteiger partial charge in [-0.3, -0.25) is 0 Å². The molecule has 0 aliphatic carbocycles. The second-order valence-electron chi connectivity index (χ2n) is 7.51. The molecule has 0 bridgehead atoms. The van der Waals surface area contributed by atoms with Crippen LogP contribution < -0.4 is 5.32 Å². The molecular formula is C28H19NO. The van der Waals surface area contributed by atoms with E-state index in [0.717, 1.165) is 27.9 Å². The Morgan fingerprint density at radius 1 is 0.567 bits per heavy atom. The maximum Gasteiger partial charge on any atom is 0.137 e. The highest BCUT2D eigenvalue weighted by Crippen LogP contribution is 2.37. The van der Waals surface area contributed by atoms with E-state index in [1.807, 2.05) is 6.07 Å². The summed E-state index contributed by atoms with van der Waals surface area (Å²) < 4.78 is 6.21. The maximum absolute atomic E-state index is 6.21. The lowest BCUT2D eigenvalue weighted by Gasteiger charge is -2.12. The molecule has 6 aromatic rings. The molecular weight excluding hydrogens is 366 g/mol. The lowest BCUT2D eigenvalue weighted by molar-refractivity contribution is 0.669. The third-order valence-electron chi connectivity index (χ3n) is 5.65. The van der Waals surface area contributed by atoms with Gasteiger partial charge in [0, 0.05) is 33.8 Å². The van der Waals surface area contributed by atoms with Gasteiger partial charge in [0.2, 0.25) is 0 Å². The summed E-state index contributed by atoms with van der Waals surface area (Å²) in [6, 6.07) is 37.8. The van der Waals surface area contributed by atoms with E-state index in [1.165, 1.54) is 27.3 Å². The van der Waals surface area contributed by atoms with Crippen LogP contribution in [0.15, 0.2) is 114 Å². The molecule has 2 nitrogen and oxygen atoms in total. The minimum absolute atomic E-state index is 0.892. The van der Waals surface area contributed by atoms with E-state index < -0.39 is 0 Å². The fraction of sp³-hybridized carbons (Fsp3) is 0. The first-order valence-electron chi connectivity index (χ1n) is 10.1. The van der Waals surface area contributed by atoms with Crippen molar-refractivity contribution in [1.29, 1.82) is 0 Å². The number of fused-ring (bicyclic) bond motifs is 5. The summed E-state index contributed by atoms with van der Waals surface area (Å²) in [5.41, 5.74) is 6.26. The molecule has 2 heteroatoms. The van der Waals surface area contributed by atoms with E-state index in [9.17, 15) is 0 Å². The largest absolute Gasteiger partial charge is 0.456 e. The lowest BCUT2D eigenvalue weighted by atomic mass is 10.0. The van der Waals surface area contributed by atoms with Crippen LogP contribution in [0, 0.1) is 0 Å². The fourth-order valence-electron chi connectivity index (χ4n) is 4.24. The van der Waals surface area contributed by atoms with Gasteiger partial charge in [0.15, 0.2) is 0 Å². The molecule has 30 heavy (non-hydrogen) atoms. The van der Waals surface area contributed by atoms with Crippen molar-refractivity contribution in [1.82, 2.24) is 0 Å². The first-order valence-corrected chi connectivity index (χ1v) is 10.1. The number of para-hydroxylation sites is 1. The Morgan fingerprint density at radius 3 is 2.30 bits per heavy atom. The monoisotopic (exact) mass is 385 g/mol. The molecule has 1 N–H and O–H groups in total. The molecule has 0 atom stereocenters. The standard InChI is InChI=1S/C28H19NO/c1-2-8-19(9-3-1)22-11-6-7-13-25(22)29-21-15-16-24-27(18-21)30-26-17-14-20-10-4-5-12-23(20)28(24)26/h1-18,29H. The SMILES string of the molecule is c1ccc(-c2ccccc2Nc2ccc3c(c2)oc2ccc4ccccc4c23)cc1. The zero-order chi connectivity index (χ0) is 19.9. The van der Waals surface area contributed by atoms with E-state index in [2.05, 4.69) is 108 Å². The summed E-state index contributed by atoms with van der Waals surface area (Å²) in [5.74, 6) is 0. The van der Waals surface area contributed by atoms with Gasteiger partial charge in [-0.15, -0.1) is 0 Å². The van der Waals surface area contributed by atoms with Crippen molar-refractivity contribution in [2.45, 2.75) is 0 Å². The average Bonchev–Trinajstić information content (AvgIpc) is 3.18. The van der Waals surface area contributed by atoms with Crippen LogP contribution in [-0.4, -0.2) is 0 Å². The van der Waals surface area contributed by atoms with Gasteiger partial charge in [-0.2, -0.15) is 0 Å². The molecule has 0 aliphatic heterocycles. The van der Waals surface area contributed by atoms with Crippen molar-refractivity contribution < 1.29 is 4.42 Å². The molecule has 0 saturated carbocycles. The fourth-order valence-corrected chi connectivity index (χ4v) is 4.24. The molecule has 0 fully saturated rings. The maximum atomic E-state index is 6.21. The molecule has 0 spiro atoms. The molecule has 0 amide bonds. The number of hydrogen-bond acceptors (Lipinski definition) is 2. The zero-order valence-corrected chi connectivity index (χ0v) is 16.3. The molecule has 1 aromatic heterocycles. The van der Waals surface area contributed by atoms with Crippen molar-refractivity contribution in [2.24, 2.45) is 0 Å². The average molecular weight is 385 g/mol. The molecule has 0 unspecified atom stereocenters. The van der Waals surface area contributed by atoms with Crippen LogP contribution in [-0.2, 0) is 0 Å². The zero-order valence-electron chi connectivity index (χ0n) is 16.3. The lowest BCUT2D eigenvalue weighted by Crippen LogP contribution is -1.93. The Kier molecular flexibility index (Phi) is 3.82. The number of furan rings is 1. The van der Waals surface area contributed by atoms with Crippen molar-refractivity contribution in [3.05, 3.63) is 109 Å². The topological polar surface area (TPSA) is 25.2 Å². The Morgan fingerprint density at radius 2 is 1.37 bits per heavy atom.